The molecule has 0 radical (unpaired) electrons. The third kappa shape index (κ3) is 8.57. The minimum Gasteiger partial charge on any atom is -0.388 e. The van der Waals surface area contributed by atoms with Crippen molar-refractivity contribution < 1.29 is 4.74 Å². The number of thiazole rings is 1. The highest BCUT2D eigenvalue weighted by Gasteiger charge is 2.07. The van der Waals surface area contributed by atoms with Gasteiger partial charge in [0.05, 0.1) is 5.69 Å². The van der Waals surface area contributed by atoms with Gasteiger partial charge in [-0.1, -0.05) is 54.4 Å². The fourth-order valence-corrected chi connectivity index (χ4v) is 3.43. The van der Waals surface area contributed by atoms with Crippen LogP contribution in [0.25, 0.3) is 10.6 Å². The van der Waals surface area contributed by atoms with E-state index in [1.54, 1.807) is 25.6 Å². The summed E-state index contributed by atoms with van der Waals surface area (Å²) in [6.07, 6.45) is 3.76. The minimum absolute atomic E-state index is 0.751. The molecule has 0 fully saturated rings. The maximum atomic E-state index is 6.00. The van der Waals surface area contributed by atoms with E-state index >= 15 is 0 Å². The molecule has 0 aliphatic carbocycles. The van der Waals surface area contributed by atoms with Crippen molar-refractivity contribution in [3.8, 4) is 10.6 Å². The lowest BCUT2D eigenvalue weighted by atomic mass is 10.1. The molecule has 150 valence electrons. The van der Waals surface area contributed by atoms with Crippen molar-refractivity contribution in [3.05, 3.63) is 87.4 Å². The molecule has 0 saturated carbocycles. The first kappa shape index (κ1) is 24.4. The van der Waals surface area contributed by atoms with Crippen LogP contribution in [-0.4, -0.2) is 19.2 Å². The first-order valence-electron chi connectivity index (χ1n) is 8.91. The molecule has 3 rings (SSSR count). The van der Waals surface area contributed by atoms with Gasteiger partial charge in [-0.15, -0.1) is 17.9 Å². The molecule has 5 heteroatoms. The number of aryl methyl sites for hydroxylation is 2. The molecule has 28 heavy (non-hydrogen) atoms. The lowest BCUT2D eigenvalue weighted by molar-refractivity contribution is 0.277. The zero-order valence-electron chi connectivity index (χ0n) is 16.8. The molecular formula is C23H27Cl2NOS. The van der Waals surface area contributed by atoms with Gasteiger partial charge in [-0.25, -0.2) is 4.98 Å². The van der Waals surface area contributed by atoms with E-state index in [2.05, 4.69) is 35.5 Å². The molecule has 2 aromatic carbocycles. The van der Waals surface area contributed by atoms with E-state index in [1.807, 2.05) is 48.5 Å². The smallest absolute Gasteiger partial charge is 0.123 e. The van der Waals surface area contributed by atoms with Gasteiger partial charge in [0.1, 0.15) is 5.01 Å². The number of rotatable bonds is 4. The zero-order valence-corrected chi connectivity index (χ0v) is 19.2. The summed E-state index contributed by atoms with van der Waals surface area (Å²) >= 11 is 13.3. The van der Waals surface area contributed by atoms with Gasteiger partial charge in [-0.05, 0) is 48.7 Å². The summed E-state index contributed by atoms with van der Waals surface area (Å²) in [5.74, 6) is 0. The van der Waals surface area contributed by atoms with E-state index in [0.717, 1.165) is 39.2 Å². The van der Waals surface area contributed by atoms with Gasteiger partial charge in [0.2, 0.25) is 0 Å². The Labute approximate surface area is 182 Å². The third-order valence-corrected chi connectivity index (χ3v) is 5.07. The molecule has 0 N–H and O–H groups in total. The molecule has 0 atom stereocenters. The maximum Gasteiger partial charge on any atom is 0.123 e. The van der Waals surface area contributed by atoms with E-state index < -0.39 is 0 Å². The van der Waals surface area contributed by atoms with Crippen molar-refractivity contribution in [3.63, 3.8) is 0 Å². The Bertz CT molecular complexity index is 844. The summed E-state index contributed by atoms with van der Waals surface area (Å²) in [7, 11) is 3.25. The summed E-state index contributed by atoms with van der Waals surface area (Å²) in [6.45, 7) is 7.91. The topological polar surface area (TPSA) is 22.1 Å². The summed E-state index contributed by atoms with van der Waals surface area (Å²) in [5, 5.41) is 4.65. The second-order valence-electron chi connectivity index (χ2n) is 5.98. The second kappa shape index (κ2) is 13.5. The normalized spacial score (nSPS) is 9.64. The van der Waals surface area contributed by atoms with Crippen molar-refractivity contribution in [2.75, 3.05) is 14.2 Å². The lowest BCUT2D eigenvalue weighted by Gasteiger charge is -2.02. The first-order chi connectivity index (χ1) is 13.4. The maximum absolute atomic E-state index is 6.00. The number of benzene rings is 2. The minimum atomic E-state index is 0.751. The van der Waals surface area contributed by atoms with Crippen LogP contribution in [0.1, 0.15) is 23.7 Å². The predicted octanol–water partition coefficient (Wildman–Crippen LogP) is 7.67. The van der Waals surface area contributed by atoms with Gasteiger partial charge in [0.25, 0.3) is 0 Å². The van der Waals surface area contributed by atoms with Gasteiger partial charge >= 0.3 is 0 Å². The molecule has 0 spiro atoms. The van der Waals surface area contributed by atoms with Crippen molar-refractivity contribution in [1.29, 1.82) is 0 Å². The summed E-state index contributed by atoms with van der Waals surface area (Å²) < 4.78 is 4.25. The largest absolute Gasteiger partial charge is 0.388 e. The van der Waals surface area contributed by atoms with Gasteiger partial charge in [-0.2, -0.15) is 0 Å². The highest BCUT2D eigenvalue weighted by atomic mass is 35.5. The summed E-state index contributed by atoms with van der Waals surface area (Å²) in [4.78, 5) is 4.56. The first-order valence-corrected chi connectivity index (χ1v) is 10.5. The highest BCUT2D eigenvalue weighted by Crippen LogP contribution is 2.29. The molecule has 3 aromatic rings. The molecule has 0 aliphatic heterocycles. The van der Waals surface area contributed by atoms with Crippen LogP contribution >= 0.6 is 34.5 Å². The fourth-order valence-electron chi connectivity index (χ4n) is 2.22. The fraction of sp³-hybridized carbons (Fsp3) is 0.261. The molecule has 0 amide bonds. The number of nitrogens with zero attached hydrogens (tertiary/aromatic N) is 1. The number of allylic oxidation sites excluding steroid dienone is 1. The molecule has 0 saturated heterocycles. The SMILES string of the molecule is C=CCc1csc(-c2cc(Cl)ccc2C)n1.CCc1ccc(Cl)cc1.COC. The van der Waals surface area contributed by atoms with Crippen LogP contribution in [-0.2, 0) is 17.6 Å². The van der Waals surface area contributed by atoms with Gasteiger partial charge < -0.3 is 4.74 Å². The summed E-state index contributed by atoms with van der Waals surface area (Å²) in [6, 6.07) is 13.8. The van der Waals surface area contributed by atoms with Gasteiger partial charge in [-0.3, -0.25) is 0 Å². The molecule has 0 aliphatic rings. The van der Waals surface area contributed by atoms with Crippen molar-refractivity contribution >= 4 is 34.5 Å². The van der Waals surface area contributed by atoms with E-state index in [4.69, 9.17) is 23.2 Å². The van der Waals surface area contributed by atoms with Crippen molar-refractivity contribution in [1.82, 2.24) is 4.98 Å². The average Bonchev–Trinajstić information content (AvgIpc) is 3.14. The molecular weight excluding hydrogens is 409 g/mol. The predicted molar refractivity (Wildman–Crippen MR) is 125 cm³/mol. The number of hydrogen-bond donors (Lipinski definition) is 0. The van der Waals surface area contributed by atoms with E-state index in [9.17, 15) is 0 Å². The van der Waals surface area contributed by atoms with Gasteiger partial charge in [0.15, 0.2) is 0 Å². The van der Waals surface area contributed by atoms with Gasteiger partial charge in [0, 0.05) is 41.6 Å². The van der Waals surface area contributed by atoms with Crippen LogP contribution in [0.3, 0.4) is 0 Å². The average molecular weight is 436 g/mol. The number of hydrogen-bond acceptors (Lipinski definition) is 3. The Morgan fingerprint density at radius 2 is 1.68 bits per heavy atom. The van der Waals surface area contributed by atoms with Crippen LogP contribution in [0.2, 0.25) is 10.0 Å². The van der Waals surface area contributed by atoms with E-state index in [0.29, 0.717) is 0 Å². The molecule has 2 nitrogen and oxygen atoms in total. The molecule has 1 aromatic heterocycles. The van der Waals surface area contributed by atoms with Crippen LogP contribution < -0.4 is 0 Å². The van der Waals surface area contributed by atoms with Crippen molar-refractivity contribution in [2.45, 2.75) is 26.7 Å². The van der Waals surface area contributed by atoms with Crippen LogP contribution in [0.4, 0.5) is 0 Å². The molecule has 0 bridgehead atoms. The second-order valence-corrected chi connectivity index (χ2v) is 7.72. The zero-order chi connectivity index (χ0) is 20.9. The van der Waals surface area contributed by atoms with Crippen LogP contribution in [0.5, 0.6) is 0 Å². The standard InChI is InChI=1S/C13H12ClNS.C8H9Cl.C2H6O/c1-3-4-11-8-16-13(15-11)12-7-10(14)6-5-9(12)2;1-2-7-3-5-8(9)6-4-7;1-3-2/h3,5-8H,1,4H2,2H3;3-6H,2H2,1H3;1-2H3. The number of ether oxygens (including phenoxy) is 1. The van der Waals surface area contributed by atoms with Crippen LogP contribution in [0.15, 0.2) is 60.5 Å². The quantitative estimate of drug-likeness (QED) is 0.392. The number of methoxy groups -OCH3 is 1. The van der Waals surface area contributed by atoms with Crippen LogP contribution in [0, 0.1) is 6.92 Å². The monoisotopic (exact) mass is 435 g/mol. The Balaban J connectivity index is 0.000000276. The number of aromatic nitrogens is 1. The van der Waals surface area contributed by atoms with Crippen molar-refractivity contribution in [2.24, 2.45) is 0 Å². The lowest BCUT2D eigenvalue weighted by Crippen LogP contribution is -1.84. The highest BCUT2D eigenvalue weighted by molar-refractivity contribution is 7.13. The van der Waals surface area contributed by atoms with E-state index in [-0.39, 0.29) is 0 Å². The molecule has 0 unspecified atom stereocenters. The molecule has 1 heterocycles. The van der Waals surface area contributed by atoms with E-state index in [1.165, 1.54) is 11.1 Å². The summed E-state index contributed by atoms with van der Waals surface area (Å²) in [5.41, 5.74) is 4.71. The number of halogens is 2. The Morgan fingerprint density at radius 3 is 2.25 bits per heavy atom. The third-order valence-electron chi connectivity index (χ3n) is 3.66. The Hall–Kier alpha value is -1.65. The Kier molecular flexibility index (Phi) is 11.8. The Morgan fingerprint density at radius 1 is 1.07 bits per heavy atom.